The number of carboxylic acid groups (broad SMARTS) is 1. The third-order valence-electron chi connectivity index (χ3n) is 5.51. The number of likely N-dealkylation sites (tertiary alicyclic amines) is 1. The van der Waals surface area contributed by atoms with E-state index in [0.29, 0.717) is 45.2 Å². The van der Waals surface area contributed by atoms with Gasteiger partial charge < -0.3 is 42.9 Å². The average molecular weight is 486 g/mol. The van der Waals surface area contributed by atoms with Crippen molar-refractivity contribution in [3.8, 4) is 0 Å². The van der Waals surface area contributed by atoms with Crippen LogP contribution in [0.15, 0.2) is 4.99 Å². The van der Waals surface area contributed by atoms with Gasteiger partial charge in [0.25, 0.3) is 0 Å². The Morgan fingerprint density at radius 2 is 1.79 bits per heavy atom. The van der Waals surface area contributed by atoms with E-state index in [1.54, 1.807) is 0 Å². The molecule has 194 valence electrons. The van der Waals surface area contributed by atoms with Crippen LogP contribution in [-0.2, 0) is 19.2 Å². The highest BCUT2D eigenvalue weighted by atomic mass is 16.4. The highest BCUT2D eigenvalue weighted by molar-refractivity contribution is 5.94. The zero-order chi connectivity index (χ0) is 26.0. The number of aliphatic carboxylic acids is 1. The number of carboxylic acids is 1. The minimum Gasteiger partial charge on any atom is -0.480 e. The van der Waals surface area contributed by atoms with Crippen LogP contribution < -0.4 is 27.8 Å². The number of carbonyl (C=O) groups is 4. The summed E-state index contributed by atoms with van der Waals surface area (Å²) >= 11 is 0. The standard InChI is InChI=1S/C21H39N7O6/c1-11(2)10-14(26-17(30)13(22)6-4-8-25-21(23)24)19(32)28-9-5-7-15(28)18(31)27-16(12(3)29)20(33)34/h11-16,29H,4-10,22H2,1-3H3,(H,26,30)(H,27,31)(H,33,34)(H4,23,24,25). The lowest BCUT2D eigenvalue weighted by Crippen LogP contribution is -2.58. The van der Waals surface area contributed by atoms with Crippen LogP contribution in [0.4, 0.5) is 0 Å². The summed E-state index contributed by atoms with van der Waals surface area (Å²) in [6.45, 7) is 5.67. The quantitative estimate of drug-likeness (QED) is 0.0854. The molecule has 0 radical (unpaired) electrons. The number of aliphatic hydroxyl groups is 1. The van der Waals surface area contributed by atoms with Crippen LogP contribution in [0.2, 0.25) is 0 Å². The lowest BCUT2D eigenvalue weighted by atomic mass is 10.0. The van der Waals surface area contributed by atoms with E-state index in [1.807, 2.05) is 13.8 Å². The number of guanidine groups is 1. The Kier molecular flexibility index (Phi) is 11.7. The molecule has 3 amide bonds. The SMILES string of the molecule is CC(C)CC(NC(=O)C(N)CCCN=C(N)N)C(=O)N1CCCC1C(=O)NC(C(=O)O)C(C)O. The Bertz CT molecular complexity index is 754. The topological polar surface area (TPSA) is 226 Å². The van der Waals surface area contributed by atoms with Gasteiger partial charge in [-0.05, 0) is 44.9 Å². The second kappa shape index (κ2) is 13.7. The van der Waals surface area contributed by atoms with Crippen molar-refractivity contribution in [3.05, 3.63) is 0 Å². The average Bonchev–Trinajstić information content (AvgIpc) is 3.22. The third kappa shape index (κ3) is 9.14. The van der Waals surface area contributed by atoms with Crippen molar-refractivity contribution in [1.29, 1.82) is 0 Å². The van der Waals surface area contributed by atoms with Gasteiger partial charge in [0.05, 0.1) is 12.1 Å². The molecule has 13 heteroatoms. The number of amides is 3. The van der Waals surface area contributed by atoms with Gasteiger partial charge in [0.2, 0.25) is 17.7 Å². The van der Waals surface area contributed by atoms with Crippen molar-refractivity contribution >= 4 is 29.7 Å². The Balaban J connectivity index is 2.87. The fourth-order valence-electron chi connectivity index (χ4n) is 3.76. The largest absolute Gasteiger partial charge is 0.480 e. The van der Waals surface area contributed by atoms with Gasteiger partial charge in [-0.25, -0.2) is 4.79 Å². The highest BCUT2D eigenvalue weighted by Crippen LogP contribution is 2.21. The minimum absolute atomic E-state index is 0.0482. The number of aliphatic hydroxyl groups excluding tert-OH is 1. The van der Waals surface area contributed by atoms with Crippen LogP contribution in [-0.4, -0.2) is 88.1 Å². The lowest BCUT2D eigenvalue weighted by Gasteiger charge is -2.31. The normalized spacial score (nSPS) is 19.1. The third-order valence-corrected chi connectivity index (χ3v) is 5.51. The summed E-state index contributed by atoms with van der Waals surface area (Å²) in [7, 11) is 0. The minimum atomic E-state index is -1.49. The van der Waals surface area contributed by atoms with Crippen molar-refractivity contribution in [2.75, 3.05) is 13.1 Å². The highest BCUT2D eigenvalue weighted by Gasteiger charge is 2.39. The number of nitrogens with one attached hydrogen (secondary N) is 2. The zero-order valence-electron chi connectivity index (χ0n) is 20.1. The Morgan fingerprint density at radius 3 is 2.32 bits per heavy atom. The van der Waals surface area contributed by atoms with E-state index in [-0.39, 0.29) is 11.9 Å². The second-order valence-corrected chi connectivity index (χ2v) is 9.00. The first-order valence-electron chi connectivity index (χ1n) is 11.5. The summed E-state index contributed by atoms with van der Waals surface area (Å²) in [5, 5.41) is 23.9. The smallest absolute Gasteiger partial charge is 0.328 e. The summed E-state index contributed by atoms with van der Waals surface area (Å²) in [4.78, 5) is 55.2. The van der Waals surface area contributed by atoms with Crippen LogP contribution in [0.25, 0.3) is 0 Å². The molecule has 0 aromatic carbocycles. The van der Waals surface area contributed by atoms with Crippen molar-refractivity contribution < 1.29 is 29.4 Å². The van der Waals surface area contributed by atoms with Gasteiger partial charge in [0.1, 0.15) is 12.1 Å². The molecule has 1 fully saturated rings. The summed E-state index contributed by atoms with van der Waals surface area (Å²) in [5.41, 5.74) is 16.5. The van der Waals surface area contributed by atoms with Gasteiger partial charge in [0, 0.05) is 13.1 Å². The molecule has 10 N–H and O–H groups in total. The zero-order valence-corrected chi connectivity index (χ0v) is 20.1. The maximum Gasteiger partial charge on any atom is 0.328 e. The molecule has 1 saturated heterocycles. The van der Waals surface area contributed by atoms with Crippen LogP contribution in [0.1, 0.15) is 52.9 Å². The number of carbonyl (C=O) groups excluding carboxylic acids is 3. The van der Waals surface area contributed by atoms with Crippen LogP contribution in [0.5, 0.6) is 0 Å². The number of nitrogens with two attached hydrogens (primary N) is 3. The summed E-state index contributed by atoms with van der Waals surface area (Å²) < 4.78 is 0. The molecule has 0 aromatic rings. The van der Waals surface area contributed by atoms with Gasteiger partial charge in [0.15, 0.2) is 12.0 Å². The first-order valence-corrected chi connectivity index (χ1v) is 11.5. The van der Waals surface area contributed by atoms with E-state index in [9.17, 15) is 29.4 Å². The van der Waals surface area contributed by atoms with E-state index < -0.39 is 54.0 Å². The number of aliphatic imine (C=N–C) groups is 1. The van der Waals surface area contributed by atoms with Crippen molar-refractivity contribution in [2.45, 2.75) is 83.1 Å². The molecule has 34 heavy (non-hydrogen) atoms. The fraction of sp³-hybridized carbons (Fsp3) is 0.762. The molecule has 1 rings (SSSR count). The molecular weight excluding hydrogens is 446 g/mol. The number of nitrogens with zero attached hydrogens (tertiary/aromatic N) is 2. The molecule has 0 aromatic heterocycles. The van der Waals surface area contributed by atoms with Crippen molar-refractivity contribution in [3.63, 3.8) is 0 Å². The maximum atomic E-state index is 13.3. The van der Waals surface area contributed by atoms with Gasteiger partial charge in [-0.1, -0.05) is 13.8 Å². The monoisotopic (exact) mass is 485 g/mol. The number of hydrogen-bond donors (Lipinski definition) is 7. The second-order valence-electron chi connectivity index (χ2n) is 9.00. The molecule has 5 atom stereocenters. The van der Waals surface area contributed by atoms with Gasteiger partial charge in [-0.2, -0.15) is 0 Å². The maximum absolute atomic E-state index is 13.3. The van der Waals surface area contributed by atoms with E-state index >= 15 is 0 Å². The molecule has 0 aliphatic carbocycles. The van der Waals surface area contributed by atoms with Gasteiger partial charge >= 0.3 is 5.97 Å². The Hall–Kier alpha value is -2.93. The molecular formula is C21H39N7O6. The molecule has 13 nitrogen and oxygen atoms in total. The fourth-order valence-corrected chi connectivity index (χ4v) is 3.76. The van der Waals surface area contributed by atoms with Crippen LogP contribution in [0, 0.1) is 5.92 Å². The predicted molar refractivity (Wildman–Crippen MR) is 125 cm³/mol. The summed E-state index contributed by atoms with van der Waals surface area (Å²) in [6.07, 6.45) is 0.711. The van der Waals surface area contributed by atoms with E-state index in [4.69, 9.17) is 17.2 Å². The van der Waals surface area contributed by atoms with E-state index in [2.05, 4.69) is 15.6 Å². The van der Waals surface area contributed by atoms with Crippen LogP contribution in [0.3, 0.4) is 0 Å². The molecule has 1 aliphatic rings. The molecule has 0 spiro atoms. The van der Waals surface area contributed by atoms with E-state index in [1.165, 1.54) is 11.8 Å². The summed E-state index contributed by atoms with van der Waals surface area (Å²) in [5.74, 6) is -2.95. The number of hydrogen-bond acceptors (Lipinski definition) is 7. The molecule has 1 heterocycles. The summed E-state index contributed by atoms with van der Waals surface area (Å²) in [6, 6.07) is -4.14. The molecule has 5 unspecified atom stereocenters. The van der Waals surface area contributed by atoms with Crippen LogP contribution >= 0.6 is 0 Å². The van der Waals surface area contributed by atoms with Crippen molar-refractivity contribution in [2.24, 2.45) is 28.1 Å². The Morgan fingerprint density at radius 1 is 1.15 bits per heavy atom. The first-order chi connectivity index (χ1) is 15.8. The molecule has 1 aliphatic heterocycles. The Labute approximate surface area is 199 Å². The molecule has 0 saturated carbocycles. The van der Waals surface area contributed by atoms with E-state index in [0.717, 1.165) is 0 Å². The predicted octanol–water partition coefficient (Wildman–Crippen LogP) is -2.16. The lowest BCUT2D eigenvalue weighted by molar-refractivity contribution is -0.147. The molecule has 0 bridgehead atoms. The van der Waals surface area contributed by atoms with Crippen molar-refractivity contribution in [1.82, 2.24) is 15.5 Å². The first kappa shape index (κ1) is 29.1. The van der Waals surface area contributed by atoms with Gasteiger partial charge in [-0.15, -0.1) is 0 Å². The number of rotatable bonds is 13. The van der Waals surface area contributed by atoms with Gasteiger partial charge in [-0.3, -0.25) is 19.4 Å².